The van der Waals surface area contributed by atoms with E-state index in [4.69, 9.17) is 4.74 Å². The summed E-state index contributed by atoms with van der Waals surface area (Å²) in [4.78, 5) is 19.3. The number of thiazole rings is 1. The van der Waals surface area contributed by atoms with Crippen molar-refractivity contribution in [2.45, 2.75) is 52.6 Å². The molecule has 2 heterocycles. The van der Waals surface area contributed by atoms with E-state index in [1.165, 1.54) is 21.6 Å². The van der Waals surface area contributed by atoms with E-state index in [9.17, 15) is 4.79 Å². The zero-order valence-corrected chi connectivity index (χ0v) is 15.2. The van der Waals surface area contributed by atoms with E-state index < -0.39 is 5.60 Å². The van der Waals surface area contributed by atoms with Gasteiger partial charge >= 0.3 is 6.09 Å². The highest BCUT2D eigenvalue weighted by atomic mass is 32.1. The quantitative estimate of drug-likeness (QED) is 0.918. The predicted octanol–water partition coefficient (Wildman–Crippen LogP) is 3.68. The molecule has 0 bridgehead atoms. The van der Waals surface area contributed by atoms with Crippen LogP contribution >= 0.6 is 11.3 Å². The van der Waals surface area contributed by atoms with Gasteiger partial charge in [-0.1, -0.05) is 18.2 Å². The van der Waals surface area contributed by atoms with Crippen molar-refractivity contribution in [1.29, 1.82) is 0 Å². The van der Waals surface area contributed by atoms with Gasteiger partial charge in [0.1, 0.15) is 5.60 Å². The van der Waals surface area contributed by atoms with Crippen molar-refractivity contribution in [3.05, 3.63) is 51.5 Å². The Balaban J connectivity index is 1.56. The van der Waals surface area contributed by atoms with Crippen LogP contribution in [0.15, 0.2) is 29.9 Å². The zero-order chi connectivity index (χ0) is 17.2. The van der Waals surface area contributed by atoms with Gasteiger partial charge in [-0.2, -0.15) is 0 Å². The molecule has 0 aliphatic carbocycles. The summed E-state index contributed by atoms with van der Waals surface area (Å²) in [6.45, 7) is 8.54. The molecule has 0 unspecified atom stereocenters. The Hall–Kier alpha value is -1.92. The average molecular weight is 345 g/mol. The van der Waals surface area contributed by atoms with Crippen LogP contribution in [-0.2, 0) is 30.9 Å². The Bertz CT molecular complexity index is 708. The molecular weight excluding hydrogens is 322 g/mol. The molecule has 1 aromatic carbocycles. The van der Waals surface area contributed by atoms with Gasteiger partial charge in [0.2, 0.25) is 0 Å². The molecule has 0 saturated heterocycles. The lowest BCUT2D eigenvalue weighted by atomic mass is 10.1. The van der Waals surface area contributed by atoms with Crippen LogP contribution in [0, 0.1) is 0 Å². The third-order valence-corrected chi connectivity index (χ3v) is 4.54. The van der Waals surface area contributed by atoms with Gasteiger partial charge in [0.25, 0.3) is 0 Å². The van der Waals surface area contributed by atoms with Gasteiger partial charge in [-0.05, 0) is 37.5 Å². The molecule has 0 radical (unpaired) electrons. The summed E-state index contributed by atoms with van der Waals surface area (Å²) in [5.74, 6) is 0. The third kappa shape index (κ3) is 4.33. The molecule has 1 aromatic heterocycles. The number of carbonyl (C=O) groups is 1. The van der Waals surface area contributed by atoms with Gasteiger partial charge in [-0.3, -0.25) is 9.88 Å². The van der Waals surface area contributed by atoms with Crippen molar-refractivity contribution in [2.24, 2.45) is 0 Å². The fourth-order valence-electron chi connectivity index (χ4n) is 2.67. The Labute approximate surface area is 146 Å². The van der Waals surface area contributed by atoms with Crippen LogP contribution in [0.4, 0.5) is 4.79 Å². The largest absolute Gasteiger partial charge is 0.444 e. The van der Waals surface area contributed by atoms with E-state index in [-0.39, 0.29) is 6.09 Å². The SMILES string of the molecule is CC(C)(C)OC(=O)N1Cc2ccc(CNCc3cncs3)cc2C1. The normalized spacial score (nSPS) is 13.9. The summed E-state index contributed by atoms with van der Waals surface area (Å²) in [6.07, 6.45) is 1.64. The summed E-state index contributed by atoms with van der Waals surface area (Å²) in [5, 5.41) is 3.43. The van der Waals surface area contributed by atoms with Crippen LogP contribution in [0.25, 0.3) is 0 Å². The number of fused-ring (bicyclic) bond motifs is 1. The van der Waals surface area contributed by atoms with Crippen molar-refractivity contribution in [2.75, 3.05) is 0 Å². The maximum Gasteiger partial charge on any atom is 0.410 e. The molecule has 0 atom stereocenters. The summed E-state index contributed by atoms with van der Waals surface area (Å²) in [5.41, 5.74) is 5.02. The fourth-order valence-corrected chi connectivity index (χ4v) is 3.24. The average Bonchev–Trinajstić information content (AvgIpc) is 3.13. The first-order valence-electron chi connectivity index (χ1n) is 8.07. The Kier molecular flexibility index (Phi) is 4.87. The topological polar surface area (TPSA) is 54.5 Å². The lowest BCUT2D eigenvalue weighted by Gasteiger charge is -2.24. The van der Waals surface area contributed by atoms with E-state index in [0.717, 1.165) is 13.1 Å². The molecule has 5 nitrogen and oxygen atoms in total. The van der Waals surface area contributed by atoms with E-state index in [2.05, 4.69) is 28.5 Å². The van der Waals surface area contributed by atoms with Crippen LogP contribution in [0.5, 0.6) is 0 Å². The molecule has 0 fully saturated rings. The fraction of sp³-hybridized carbons (Fsp3) is 0.444. The highest BCUT2D eigenvalue weighted by Crippen LogP contribution is 2.25. The summed E-state index contributed by atoms with van der Waals surface area (Å²) < 4.78 is 5.46. The first-order chi connectivity index (χ1) is 11.4. The molecule has 2 aromatic rings. The minimum Gasteiger partial charge on any atom is -0.444 e. The Morgan fingerprint density at radius 2 is 2.08 bits per heavy atom. The molecule has 128 valence electrons. The van der Waals surface area contributed by atoms with E-state index in [1.54, 1.807) is 16.2 Å². The van der Waals surface area contributed by atoms with Crippen molar-refractivity contribution in [3.8, 4) is 0 Å². The lowest BCUT2D eigenvalue weighted by Crippen LogP contribution is -2.33. The van der Waals surface area contributed by atoms with Crippen molar-refractivity contribution in [3.63, 3.8) is 0 Å². The molecule has 1 aliphatic heterocycles. The molecule has 6 heteroatoms. The number of nitrogens with one attached hydrogen (secondary N) is 1. The van der Waals surface area contributed by atoms with Crippen LogP contribution in [-0.4, -0.2) is 21.6 Å². The molecule has 1 N–H and O–H groups in total. The number of rotatable bonds is 4. The Morgan fingerprint density at radius 3 is 2.79 bits per heavy atom. The van der Waals surface area contributed by atoms with Gasteiger partial charge in [0.05, 0.1) is 5.51 Å². The van der Waals surface area contributed by atoms with E-state index >= 15 is 0 Å². The van der Waals surface area contributed by atoms with Gasteiger partial charge in [0, 0.05) is 37.3 Å². The Morgan fingerprint density at radius 1 is 1.29 bits per heavy atom. The zero-order valence-electron chi connectivity index (χ0n) is 14.3. The van der Waals surface area contributed by atoms with Gasteiger partial charge in [0.15, 0.2) is 0 Å². The second-order valence-electron chi connectivity index (χ2n) is 7.01. The lowest BCUT2D eigenvalue weighted by molar-refractivity contribution is 0.0242. The summed E-state index contributed by atoms with van der Waals surface area (Å²) >= 11 is 1.65. The first kappa shape index (κ1) is 16.9. The maximum atomic E-state index is 12.2. The molecule has 1 aliphatic rings. The molecule has 3 rings (SSSR count). The molecule has 0 saturated carbocycles. The number of nitrogens with zero attached hydrogens (tertiary/aromatic N) is 2. The van der Waals surface area contributed by atoms with Gasteiger partial charge in [-0.15, -0.1) is 11.3 Å². The standard InChI is InChI=1S/C18H23N3O2S/c1-18(2,3)23-17(22)21-10-14-5-4-13(6-15(14)11-21)7-19-8-16-9-20-12-24-16/h4-6,9,12,19H,7-8,10-11H2,1-3H3. The number of hydrogen-bond acceptors (Lipinski definition) is 5. The number of hydrogen-bond donors (Lipinski definition) is 1. The van der Waals surface area contributed by atoms with E-state index in [1.807, 2.05) is 32.5 Å². The number of amides is 1. The van der Waals surface area contributed by atoms with Gasteiger partial charge in [-0.25, -0.2) is 4.79 Å². The van der Waals surface area contributed by atoms with Crippen molar-refractivity contribution in [1.82, 2.24) is 15.2 Å². The smallest absolute Gasteiger partial charge is 0.410 e. The second-order valence-corrected chi connectivity index (χ2v) is 7.98. The number of aromatic nitrogens is 1. The second kappa shape index (κ2) is 6.91. The molecular formula is C18H23N3O2S. The molecule has 0 spiro atoms. The van der Waals surface area contributed by atoms with Crippen LogP contribution in [0.2, 0.25) is 0 Å². The van der Waals surface area contributed by atoms with E-state index in [0.29, 0.717) is 13.1 Å². The van der Waals surface area contributed by atoms with Crippen molar-refractivity contribution >= 4 is 17.4 Å². The number of carbonyl (C=O) groups excluding carboxylic acids is 1. The molecule has 1 amide bonds. The van der Waals surface area contributed by atoms with Gasteiger partial charge < -0.3 is 10.1 Å². The van der Waals surface area contributed by atoms with Crippen molar-refractivity contribution < 1.29 is 9.53 Å². The van der Waals surface area contributed by atoms with Crippen LogP contribution in [0.3, 0.4) is 0 Å². The highest BCUT2D eigenvalue weighted by Gasteiger charge is 2.27. The third-order valence-electron chi connectivity index (χ3n) is 3.76. The van der Waals surface area contributed by atoms with Crippen LogP contribution < -0.4 is 5.32 Å². The minimum absolute atomic E-state index is 0.247. The highest BCUT2D eigenvalue weighted by molar-refractivity contribution is 7.09. The summed E-state index contributed by atoms with van der Waals surface area (Å²) in [6, 6.07) is 6.42. The number of ether oxygens (including phenoxy) is 1. The number of benzene rings is 1. The minimum atomic E-state index is -0.461. The van der Waals surface area contributed by atoms with Crippen LogP contribution in [0.1, 0.15) is 42.3 Å². The maximum absolute atomic E-state index is 12.2. The first-order valence-corrected chi connectivity index (χ1v) is 8.95. The molecule has 24 heavy (non-hydrogen) atoms. The monoisotopic (exact) mass is 345 g/mol. The summed E-state index contributed by atoms with van der Waals surface area (Å²) in [7, 11) is 0. The predicted molar refractivity (Wildman–Crippen MR) is 94.6 cm³/mol.